The molecule has 2 rings (SSSR count). The second kappa shape index (κ2) is 6.98. The second-order valence-corrected chi connectivity index (χ2v) is 4.41. The second-order valence-electron chi connectivity index (χ2n) is 4.41. The van der Waals surface area contributed by atoms with E-state index in [1.807, 2.05) is 0 Å². The number of nitrogens with zero attached hydrogens (tertiary/aromatic N) is 2. The molecule has 2 aromatic rings. The number of anilines is 2. The first kappa shape index (κ1) is 15.9. The van der Waals surface area contributed by atoms with Crippen molar-refractivity contribution in [2.24, 2.45) is 0 Å². The Balaban J connectivity index is 2.10. The first-order valence-electron chi connectivity index (χ1n) is 6.44. The van der Waals surface area contributed by atoms with Crippen LogP contribution in [0.25, 0.3) is 0 Å². The van der Waals surface area contributed by atoms with Gasteiger partial charge in [-0.2, -0.15) is 0 Å². The quantitative estimate of drug-likeness (QED) is 0.543. The van der Waals surface area contributed by atoms with Crippen molar-refractivity contribution in [3.63, 3.8) is 0 Å². The molecule has 1 aromatic heterocycles. The summed E-state index contributed by atoms with van der Waals surface area (Å²) in [6.45, 7) is -0.473. The molecule has 0 aliphatic rings. The lowest BCUT2D eigenvalue weighted by Crippen LogP contribution is -2.29. The van der Waals surface area contributed by atoms with E-state index in [1.54, 1.807) is 0 Å². The Bertz CT molecular complexity index is 745. The van der Waals surface area contributed by atoms with Crippen molar-refractivity contribution in [3.8, 4) is 0 Å². The lowest BCUT2D eigenvalue weighted by molar-refractivity contribution is -0.384. The summed E-state index contributed by atoms with van der Waals surface area (Å²) in [5.74, 6) is -1.58. The van der Waals surface area contributed by atoms with Crippen molar-refractivity contribution in [1.29, 1.82) is 0 Å². The molecule has 9 heteroatoms. The highest BCUT2D eigenvalue weighted by atomic mass is 16.6. The molecule has 118 valence electrons. The van der Waals surface area contributed by atoms with E-state index < -0.39 is 23.3 Å². The van der Waals surface area contributed by atoms with Crippen LogP contribution in [-0.4, -0.2) is 33.4 Å². The van der Waals surface area contributed by atoms with Gasteiger partial charge in [0.25, 0.3) is 5.91 Å². The number of amides is 1. The van der Waals surface area contributed by atoms with Gasteiger partial charge in [-0.15, -0.1) is 0 Å². The smallest absolute Gasteiger partial charge is 0.322 e. The van der Waals surface area contributed by atoms with Crippen LogP contribution in [0.2, 0.25) is 0 Å². The maximum Gasteiger partial charge on any atom is 0.322 e. The van der Waals surface area contributed by atoms with Crippen molar-refractivity contribution in [1.82, 2.24) is 10.3 Å². The molecule has 3 N–H and O–H groups in total. The molecular weight excluding hydrogens is 304 g/mol. The number of carboxylic acids is 1. The average molecular weight is 316 g/mol. The third-order valence-electron chi connectivity index (χ3n) is 2.79. The van der Waals surface area contributed by atoms with Gasteiger partial charge in [-0.05, 0) is 30.3 Å². The molecule has 0 saturated heterocycles. The number of nitrogens with one attached hydrogen (secondary N) is 2. The van der Waals surface area contributed by atoms with E-state index >= 15 is 0 Å². The molecule has 0 spiro atoms. The van der Waals surface area contributed by atoms with E-state index in [-0.39, 0.29) is 17.1 Å². The summed E-state index contributed by atoms with van der Waals surface area (Å²) in [5.41, 5.74) is 0.602. The number of rotatable bonds is 6. The van der Waals surface area contributed by atoms with Crippen LogP contribution in [0.3, 0.4) is 0 Å². The van der Waals surface area contributed by atoms with Crippen molar-refractivity contribution < 1.29 is 19.6 Å². The minimum absolute atomic E-state index is 0.0839. The summed E-state index contributed by atoms with van der Waals surface area (Å²) in [6, 6.07) is 8.78. The van der Waals surface area contributed by atoms with Crippen LogP contribution in [-0.2, 0) is 4.79 Å². The fourth-order valence-corrected chi connectivity index (χ4v) is 1.74. The summed E-state index contributed by atoms with van der Waals surface area (Å²) in [4.78, 5) is 36.3. The molecule has 1 heterocycles. The van der Waals surface area contributed by atoms with Crippen molar-refractivity contribution in [3.05, 3.63) is 58.3 Å². The summed E-state index contributed by atoms with van der Waals surface area (Å²) in [7, 11) is 0. The number of carbonyl (C=O) groups is 2. The monoisotopic (exact) mass is 316 g/mol. The SMILES string of the molecule is O=C(O)CNC(=O)c1ccc(Nc2ncccc2[N+](=O)[O-])cc1. The van der Waals surface area contributed by atoms with Crippen LogP contribution >= 0.6 is 0 Å². The number of carbonyl (C=O) groups excluding carboxylic acids is 1. The number of hydrogen-bond donors (Lipinski definition) is 3. The molecule has 0 atom stereocenters. The zero-order chi connectivity index (χ0) is 16.8. The number of carboxylic acid groups (broad SMARTS) is 1. The minimum atomic E-state index is -1.14. The Labute approximate surface area is 130 Å². The molecule has 0 bridgehead atoms. The van der Waals surface area contributed by atoms with Crippen molar-refractivity contribution in [2.45, 2.75) is 0 Å². The normalized spacial score (nSPS) is 9.91. The van der Waals surface area contributed by atoms with Gasteiger partial charge in [-0.25, -0.2) is 4.98 Å². The molecule has 0 fully saturated rings. The van der Waals surface area contributed by atoms with Gasteiger partial charge in [0.2, 0.25) is 5.82 Å². The predicted molar refractivity (Wildman–Crippen MR) is 80.6 cm³/mol. The van der Waals surface area contributed by atoms with Crippen LogP contribution in [0.1, 0.15) is 10.4 Å². The van der Waals surface area contributed by atoms with Crippen LogP contribution in [0, 0.1) is 10.1 Å². The van der Waals surface area contributed by atoms with E-state index in [0.717, 1.165) is 0 Å². The van der Waals surface area contributed by atoms with Gasteiger partial charge in [-0.1, -0.05) is 0 Å². The molecule has 23 heavy (non-hydrogen) atoms. The third kappa shape index (κ3) is 4.24. The Kier molecular flexibility index (Phi) is 4.82. The van der Waals surface area contributed by atoms with E-state index in [0.29, 0.717) is 5.69 Å². The van der Waals surface area contributed by atoms with Crippen LogP contribution in [0.5, 0.6) is 0 Å². The first-order chi connectivity index (χ1) is 11.0. The van der Waals surface area contributed by atoms with E-state index in [4.69, 9.17) is 5.11 Å². The van der Waals surface area contributed by atoms with Gasteiger partial charge in [0, 0.05) is 23.5 Å². The highest BCUT2D eigenvalue weighted by molar-refractivity contribution is 5.96. The standard InChI is InChI=1S/C14H12N4O5/c19-12(20)8-16-14(21)9-3-5-10(6-4-9)17-13-11(18(22)23)2-1-7-15-13/h1-7H,8H2,(H,15,17)(H,16,21)(H,19,20). The summed E-state index contributed by atoms with van der Waals surface area (Å²) >= 11 is 0. The molecule has 0 radical (unpaired) electrons. The zero-order valence-corrected chi connectivity index (χ0v) is 11.7. The van der Waals surface area contributed by atoms with Gasteiger partial charge >= 0.3 is 11.7 Å². The number of benzene rings is 1. The van der Waals surface area contributed by atoms with Crippen LogP contribution < -0.4 is 10.6 Å². The minimum Gasteiger partial charge on any atom is -0.480 e. The van der Waals surface area contributed by atoms with Gasteiger partial charge in [0.1, 0.15) is 6.54 Å². The Morgan fingerprint density at radius 2 is 1.91 bits per heavy atom. The molecule has 1 aromatic carbocycles. The number of nitro groups is 1. The fraction of sp³-hybridized carbons (Fsp3) is 0.0714. The van der Waals surface area contributed by atoms with Gasteiger partial charge in [0.05, 0.1) is 4.92 Å². The summed E-state index contributed by atoms with van der Waals surface area (Å²) in [6.07, 6.45) is 1.42. The molecule has 0 unspecified atom stereocenters. The lowest BCUT2D eigenvalue weighted by atomic mass is 10.2. The first-order valence-corrected chi connectivity index (χ1v) is 6.44. The third-order valence-corrected chi connectivity index (χ3v) is 2.79. The van der Waals surface area contributed by atoms with Crippen molar-refractivity contribution in [2.75, 3.05) is 11.9 Å². The zero-order valence-electron chi connectivity index (χ0n) is 11.7. The Morgan fingerprint density at radius 3 is 2.52 bits per heavy atom. The van der Waals surface area contributed by atoms with Crippen LogP contribution in [0.15, 0.2) is 42.6 Å². The van der Waals surface area contributed by atoms with Crippen molar-refractivity contribution >= 4 is 29.1 Å². The Morgan fingerprint density at radius 1 is 1.22 bits per heavy atom. The highest BCUT2D eigenvalue weighted by Gasteiger charge is 2.14. The topological polar surface area (TPSA) is 134 Å². The van der Waals surface area contributed by atoms with Crippen LogP contribution in [0.4, 0.5) is 17.2 Å². The molecule has 0 saturated carbocycles. The van der Waals surface area contributed by atoms with E-state index in [9.17, 15) is 19.7 Å². The molecule has 0 aliphatic carbocycles. The molecule has 1 amide bonds. The maximum absolute atomic E-state index is 11.7. The van der Waals surface area contributed by atoms with Gasteiger partial charge in [-0.3, -0.25) is 19.7 Å². The largest absolute Gasteiger partial charge is 0.480 e. The predicted octanol–water partition coefficient (Wildman–Crippen LogP) is 1.55. The molecule has 0 aliphatic heterocycles. The number of aliphatic carboxylic acids is 1. The number of pyridine rings is 1. The maximum atomic E-state index is 11.7. The summed E-state index contributed by atoms with van der Waals surface area (Å²) < 4.78 is 0. The average Bonchev–Trinajstić information content (AvgIpc) is 2.53. The number of hydrogen-bond acceptors (Lipinski definition) is 6. The lowest BCUT2D eigenvalue weighted by Gasteiger charge is -2.07. The molecular formula is C14H12N4O5. The summed E-state index contributed by atoms with van der Waals surface area (Å²) in [5, 5.41) is 24.4. The Hall–Kier alpha value is -3.49. The van der Waals surface area contributed by atoms with E-state index in [2.05, 4.69) is 15.6 Å². The van der Waals surface area contributed by atoms with E-state index in [1.165, 1.54) is 42.6 Å². The molecule has 9 nitrogen and oxygen atoms in total. The van der Waals surface area contributed by atoms with Gasteiger partial charge < -0.3 is 15.7 Å². The number of aromatic nitrogens is 1. The highest BCUT2D eigenvalue weighted by Crippen LogP contribution is 2.24. The fourth-order valence-electron chi connectivity index (χ4n) is 1.74. The van der Waals surface area contributed by atoms with Gasteiger partial charge in [0.15, 0.2) is 0 Å².